The van der Waals surface area contributed by atoms with Crippen LogP contribution in [0.25, 0.3) is 11.1 Å². The van der Waals surface area contributed by atoms with Gasteiger partial charge in [-0.15, -0.1) is 0 Å². The number of amides is 4. The lowest BCUT2D eigenvalue weighted by molar-refractivity contribution is -0.153. The number of likely N-dealkylation sites (tertiary alicyclic amines) is 2. The van der Waals surface area contributed by atoms with Gasteiger partial charge in [0, 0.05) is 24.2 Å². The molecular weight excluding hydrogens is 861 g/mol. The number of hydrogen-bond acceptors (Lipinski definition) is 12. The third-order valence-electron chi connectivity index (χ3n) is 14.1. The van der Waals surface area contributed by atoms with E-state index in [9.17, 15) is 38.4 Å². The summed E-state index contributed by atoms with van der Waals surface area (Å²) < 4.78 is 20.7. The number of ether oxygens (including phenoxy) is 4. The van der Waals surface area contributed by atoms with Crippen LogP contribution in [0.2, 0.25) is 0 Å². The van der Waals surface area contributed by atoms with Crippen LogP contribution < -0.4 is 10.6 Å². The zero-order chi connectivity index (χ0) is 49.2. The van der Waals surface area contributed by atoms with E-state index in [0.29, 0.717) is 30.4 Å². The van der Waals surface area contributed by atoms with Gasteiger partial charge in [-0.1, -0.05) is 105 Å². The molecule has 2 aliphatic heterocycles. The molecule has 0 bridgehead atoms. The van der Waals surface area contributed by atoms with Crippen LogP contribution in [0.15, 0.2) is 36.4 Å². The maximum absolute atomic E-state index is 14.0. The van der Waals surface area contributed by atoms with Gasteiger partial charge in [-0.25, -0.2) is 19.2 Å². The van der Waals surface area contributed by atoms with Gasteiger partial charge in [-0.05, 0) is 88.9 Å². The van der Waals surface area contributed by atoms with Crippen LogP contribution in [0.5, 0.6) is 0 Å². The quantitative estimate of drug-likeness (QED) is 0.111. The second-order valence-corrected chi connectivity index (χ2v) is 21.1. The maximum Gasteiger partial charge on any atom is 0.407 e. The number of methoxy groups -OCH3 is 2. The van der Waals surface area contributed by atoms with Gasteiger partial charge in [0.2, 0.25) is 17.6 Å². The summed E-state index contributed by atoms with van der Waals surface area (Å²) in [7, 11) is 2.43. The number of nitrogens with zero attached hydrogens (tertiary/aromatic N) is 2. The SMILES string of the molecule is COC(=O)N[C@H](C(=O)N1CC(C)(C)C[C@H]1C(=O)OCC(=O)c1ccc(-c2ccc(C(=O)COC(=O)[C@@H]3CC(C)(C)CN3C(=O)[C@@H](NC(=O)OC)C(C)C)c3c2C2(CCCC2)CC3)cc1)C(C)C. The monoisotopic (exact) mass is 928 g/mol. The standard InChI is InChI=1S/C51H68N4O12/c1-29(2)41(52-47(62)64-9)43(58)54-27-49(5,6)23-36(54)45(60)66-25-38(56)32-15-13-31(14-16-32)33-17-18-34(35-19-22-51(40(33)35)20-11-12-21-51)39(57)26-67-46(61)37-24-50(7,8)28-55(37)44(59)42(30(3)4)53-48(63)65-10/h13-18,29-30,36-37,41-42H,11-12,19-28H2,1-10H3,(H,52,62)(H,53,63)/t36-,37-,41-,42-/m0/s1. The molecule has 16 nitrogen and oxygen atoms in total. The summed E-state index contributed by atoms with van der Waals surface area (Å²) >= 11 is 0. The molecule has 2 aromatic rings. The Morgan fingerprint density at radius 3 is 1.55 bits per heavy atom. The molecule has 16 heteroatoms. The smallest absolute Gasteiger partial charge is 0.407 e. The molecule has 364 valence electrons. The van der Waals surface area contributed by atoms with Crippen molar-refractivity contribution >= 4 is 47.5 Å². The van der Waals surface area contributed by atoms with Crippen LogP contribution in [-0.4, -0.2) is 122 Å². The molecule has 6 rings (SSSR count). The molecule has 4 atom stereocenters. The minimum atomic E-state index is -0.938. The first-order valence-corrected chi connectivity index (χ1v) is 23.5. The summed E-state index contributed by atoms with van der Waals surface area (Å²) in [5.41, 5.74) is 3.77. The summed E-state index contributed by atoms with van der Waals surface area (Å²) in [5, 5.41) is 5.17. The highest BCUT2D eigenvalue weighted by Gasteiger charge is 2.49. The summed E-state index contributed by atoms with van der Waals surface area (Å²) in [6, 6.07) is 7.09. The molecule has 2 N–H and O–H groups in total. The predicted octanol–water partition coefficient (Wildman–Crippen LogP) is 6.58. The molecular formula is C51H68N4O12. The van der Waals surface area contributed by atoms with E-state index in [4.69, 9.17) is 18.9 Å². The highest BCUT2D eigenvalue weighted by Crippen LogP contribution is 2.54. The third kappa shape index (κ3) is 11.0. The lowest BCUT2D eigenvalue weighted by Gasteiger charge is -2.30. The van der Waals surface area contributed by atoms with Crippen molar-refractivity contribution in [3.05, 3.63) is 58.7 Å². The molecule has 67 heavy (non-hydrogen) atoms. The highest BCUT2D eigenvalue weighted by molar-refractivity contribution is 6.02. The first-order valence-electron chi connectivity index (χ1n) is 23.5. The molecule has 3 fully saturated rings. The number of Topliss-reactive ketones (excluding diaryl/α,β-unsaturated/α-hetero) is 2. The zero-order valence-corrected chi connectivity index (χ0v) is 40.7. The van der Waals surface area contributed by atoms with E-state index in [0.717, 1.165) is 54.4 Å². The normalized spacial score (nSPS) is 20.8. The van der Waals surface area contributed by atoms with Gasteiger partial charge in [0.1, 0.15) is 24.2 Å². The highest BCUT2D eigenvalue weighted by atomic mass is 16.6. The van der Waals surface area contributed by atoms with E-state index >= 15 is 0 Å². The number of benzene rings is 2. The summed E-state index contributed by atoms with van der Waals surface area (Å²) in [6.45, 7) is 14.4. The molecule has 2 heterocycles. The van der Waals surface area contributed by atoms with E-state index in [-0.39, 0.29) is 36.1 Å². The number of alkyl carbamates (subject to hydrolysis) is 2. The molecule has 4 amide bonds. The Hall–Kier alpha value is -5.80. The van der Waals surface area contributed by atoms with E-state index in [1.165, 1.54) is 24.0 Å². The number of ketones is 2. The Bertz CT molecular complexity index is 2260. The molecule has 0 unspecified atom stereocenters. The molecule has 2 aliphatic carbocycles. The van der Waals surface area contributed by atoms with E-state index < -0.39 is 89.9 Å². The van der Waals surface area contributed by atoms with E-state index in [1.54, 1.807) is 45.9 Å². The fraction of sp³-hybridized carbons (Fsp3) is 0.608. The molecule has 1 saturated carbocycles. The van der Waals surface area contributed by atoms with Crippen LogP contribution in [0, 0.1) is 22.7 Å². The van der Waals surface area contributed by atoms with Crippen molar-refractivity contribution in [2.24, 2.45) is 22.7 Å². The Labute approximate surface area is 393 Å². The van der Waals surface area contributed by atoms with Crippen LogP contribution in [0.3, 0.4) is 0 Å². The lowest BCUT2D eigenvalue weighted by Crippen LogP contribution is -2.54. The van der Waals surface area contributed by atoms with Gasteiger partial charge < -0.3 is 39.4 Å². The van der Waals surface area contributed by atoms with Gasteiger partial charge in [-0.3, -0.25) is 19.2 Å². The largest absolute Gasteiger partial charge is 0.456 e. The summed E-state index contributed by atoms with van der Waals surface area (Å²) in [5.74, 6) is -3.56. The molecule has 1 spiro atoms. The average molecular weight is 929 g/mol. The maximum atomic E-state index is 14.0. The zero-order valence-electron chi connectivity index (χ0n) is 40.7. The number of carbonyl (C=O) groups excluding carboxylic acids is 8. The lowest BCUT2D eigenvalue weighted by atomic mass is 9.76. The minimum absolute atomic E-state index is 0.115. The second kappa shape index (κ2) is 20.2. The van der Waals surface area contributed by atoms with Crippen LogP contribution in [-0.2, 0) is 50.0 Å². The Kier molecular flexibility index (Phi) is 15.3. The van der Waals surface area contributed by atoms with Crippen molar-refractivity contribution in [2.45, 2.75) is 136 Å². The molecule has 0 radical (unpaired) electrons. The van der Waals surface area contributed by atoms with Crippen LogP contribution >= 0.6 is 0 Å². The number of esters is 2. The third-order valence-corrected chi connectivity index (χ3v) is 14.1. The topological polar surface area (TPSA) is 204 Å². The number of fused-ring (bicyclic) bond motifs is 2. The summed E-state index contributed by atoms with van der Waals surface area (Å²) in [6.07, 6.45) is 4.79. The first kappa shape index (κ1) is 50.6. The fourth-order valence-corrected chi connectivity index (χ4v) is 10.7. The molecule has 2 saturated heterocycles. The van der Waals surface area contributed by atoms with Crippen LogP contribution in [0.4, 0.5) is 9.59 Å². The van der Waals surface area contributed by atoms with Crippen LogP contribution in [0.1, 0.15) is 132 Å². The molecule has 0 aromatic heterocycles. The van der Waals surface area contributed by atoms with Gasteiger partial charge in [-0.2, -0.15) is 0 Å². The van der Waals surface area contributed by atoms with Crippen molar-refractivity contribution in [3.63, 3.8) is 0 Å². The van der Waals surface area contributed by atoms with E-state index in [1.807, 2.05) is 45.9 Å². The van der Waals surface area contributed by atoms with E-state index in [2.05, 4.69) is 10.6 Å². The minimum Gasteiger partial charge on any atom is -0.456 e. The molecule has 2 aromatic carbocycles. The fourth-order valence-electron chi connectivity index (χ4n) is 10.7. The van der Waals surface area contributed by atoms with Gasteiger partial charge in [0.05, 0.1) is 14.2 Å². The second-order valence-electron chi connectivity index (χ2n) is 21.1. The Morgan fingerprint density at radius 2 is 1.10 bits per heavy atom. The van der Waals surface area contributed by atoms with Crippen molar-refractivity contribution in [1.29, 1.82) is 0 Å². The van der Waals surface area contributed by atoms with Crippen molar-refractivity contribution in [2.75, 3.05) is 40.5 Å². The Morgan fingerprint density at radius 1 is 0.642 bits per heavy atom. The number of rotatable bonds is 15. The van der Waals surface area contributed by atoms with Crippen molar-refractivity contribution in [1.82, 2.24) is 20.4 Å². The predicted molar refractivity (Wildman–Crippen MR) is 247 cm³/mol. The Balaban J connectivity index is 1.15. The van der Waals surface area contributed by atoms with Crippen molar-refractivity contribution < 1.29 is 57.3 Å². The van der Waals surface area contributed by atoms with Gasteiger partial charge in [0.25, 0.3) is 0 Å². The van der Waals surface area contributed by atoms with Gasteiger partial charge >= 0.3 is 24.1 Å². The van der Waals surface area contributed by atoms with Gasteiger partial charge in [0.15, 0.2) is 19.0 Å². The number of carbonyl (C=O) groups is 8. The average Bonchev–Trinajstić information content (AvgIpc) is 4.08. The first-order chi connectivity index (χ1) is 31.5. The van der Waals surface area contributed by atoms with Crippen molar-refractivity contribution in [3.8, 4) is 11.1 Å². The number of nitrogens with one attached hydrogen (secondary N) is 2. The molecule has 4 aliphatic rings. The summed E-state index contributed by atoms with van der Waals surface area (Å²) in [4.78, 5) is 109. The number of hydrogen-bond donors (Lipinski definition) is 2.